The molecule has 0 fully saturated rings. The van der Waals surface area contributed by atoms with Gasteiger partial charge in [0.25, 0.3) is 0 Å². The first kappa shape index (κ1) is 11.8. The summed E-state index contributed by atoms with van der Waals surface area (Å²) in [4.78, 5) is 15.9. The van der Waals surface area contributed by atoms with Crippen LogP contribution in [0.25, 0.3) is 0 Å². The molecule has 0 radical (unpaired) electrons. The van der Waals surface area contributed by atoms with Crippen LogP contribution in [0.5, 0.6) is 11.8 Å². The molecule has 2 heterocycles. The molecule has 6 heteroatoms. The van der Waals surface area contributed by atoms with Crippen molar-refractivity contribution < 1.29 is 9.47 Å². The van der Waals surface area contributed by atoms with Crippen LogP contribution in [-0.4, -0.2) is 34.2 Å². The van der Waals surface area contributed by atoms with Crippen LogP contribution < -0.4 is 9.47 Å². The highest BCUT2D eigenvalue weighted by Crippen LogP contribution is 2.10. The van der Waals surface area contributed by atoms with Crippen molar-refractivity contribution >= 4 is 0 Å². The van der Waals surface area contributed by atoms with Crippen molar-refractivity contribution in [1.82, 2.24) is 19.9 Å². The van der Waals surface area contributed by atoms with Crippen LogP contribution in [0.2, 0.25) is 0 Å². The molecule has 0 unspecified atom stereocenters. The van der Waals surface area contributed by atoms with Crippen molar-refractivity contribution in [2.45, 2.75) is 0 Å². The Morgan fingerprint density at radius 3 is 2.78 bits per heavy atom. The summed E-state index contributed by atoms with van der Waals surface area (Å²) in [6.45, 7) is 0. The van der Waals surface area contributed by atoms with E-state index in [2.05, 4.69) is 31.8 Å². The van der Waals surface area contributed by atoms with Gasteiger partial charge in [0.05, 0.1) is 14.2 Å². The van der Waals surface area contributed by atoms with E-state index in [1.54, 1.807) is 18.5 Å². The summed E-state index contributed by atoms with van der Waals surface area (Å²) in [7, 11) is 3.06. The molecule has 6 nitrogen and oxygen atoms in total. The van der Waals surface area contributed by atoms with Gasteiger partial charge >= 0.3 is 0 Å². The zero-order chi connectivity index (χ0) is 12.8. The fourth-order valence-corrected chi connectivity index (χ4v) is 1.21. The first-order chi connectivity index (χ1) is 8.83. The summed E-state index contributed by atoms with van der Waals surface area (Å²) >= 11 is 0. The second-order valence-corrected chi connectivity index (χ2v) is 3.12. The van der Waals surface area contributed by atoms with Crippen molar-refractivity contribution in [3.8, 4) is 23.6 Å². The van der Waals surface area contributed by atoms with E-state index in [0.29, 0.717) is 23.1 Å². The molecule has 2 aromatic rings. The van der Waals surface area contributed by atoms with E-state index in [1.807, 2.05) is 0 Å². The average Bonchev–Trinajstić information content (AvgIpc) is 2.45. The minimum Gasteiger partial charge on any atom is -0.481 e. The lowest BCUT2D eigenvalue weighted by Crippen LogP contribution is -1.94. The quantitative estimate of drug-likeness (QED) is 0.721. The largest absolute Gasteiger partial charge is 0.481 e. The van der Waals surface area contributed by atoms with Gasteiger partial charge in [0.1, 0.15) is 11.9 Å². The summed E-state index contributed by atoms with van der Waals surface area (Å²) in [5.74, 6) is 6.89. The standard InChI is InChI=1S/C12H10N4O2/c1-17-11-5-6-14-10(16-11)4-3-9-7-13-8-15-12(9)18-2/h5-8H,1-2H3. The molecule has 0 N–H and O–H groups in total. The Kier molecular flexibility index (Phi) is 3.66. The Hall–Kier alpha value is -2.68. The predicted octanol–water partition coefficient (Wildman–Crippen LogP) is 0.684. The lowest BCUT2D eigenvalue weighted by Gasteiger charge is -1.99. The van der Waals surface area contributed by atoms with Gasteiger partial charge in [0, 0.05) is 18.5 Å². The Labute approximate surface area is 104 Å². The summed E-state index contributed by atoms with van der Waals surface area (Å²) in [5, 5.41) is 0. The van der Waals surface area contributed by atoms with Crippen LogP contribution in [0.4, 0.5) is 0 Å². The number of methoxy groups -OCH3 is 2. The second kappa shape index (κ2) is 5.59. The smallest absolute Gasteiger partial charge is 0.232 e. The molecular weight excluding hydrogens is 232 g/mol. The molecular formula is C12H10N4O2. The summed E-state index contributed by atoms with van der Waals surface area (Å²) in [6.07, 6.45) is 4.54. The molecule has 0 amide bonds. The van der Waals surface area contributed by atoms with Crippen LogP contribution >= 0.6 is 0 Å². The highest BCUT2D eigenvalue weighted by molar-refractivity contribution is 5.42. The number of aromatic nitrogens is 4. The highest BCUT2D eigenvalue weighted by Gasteiger charge is 2.00. The molecule has 0 atom stereocenters. The number of hydrogen-bond acceptors (Lipinski definition) is 6. The lowest BCUT2D eigenvalue weighted by molar-refractivity contribution is 0.395. The zero-order valence-electron chi connectivity index (χ0n) is 9.91. The summed E-state index contributed by atoms with van der Waals surface area (Å²) in [5.41, 5.74) is 0.575. The molecule has 0 aromatic carbocycles. The number of nitrogens with zero attached hydrogens (tertiary/aromatic N) is 4. The normalized spacial score (nSPS) is 9.22. The molecule has 0 saturated carbocycles. The van der Waals surface area contributed by atoms with Gasteiger partial charge in [-0.1, -0.05) is 5.92 Å². The van der Waals surface area contributed by atoms with E-state index in [0.717, 1.165) is 0 Å². The average molecular weight is 242 g/mol. The molecule has 18 heavy (non-hydrogen) atoms. The van der Waals surface area contributed by atoms with E-state index < -0.39 is 0 Å². The van der Waals surface area contributed by atoms with Crippen molar-refractivity contribution in [2.24, 2.45) is 0 Å². The second-order valence-electron chi connectivity index (χ2n) is 3.12. The summed E-state index contributed by atoms with van der Waals surface area (Å²) < 4.78 is 10.0. The molecule has 0 aliphatic heterocycles. The monoisotopic (exact) mass is 242 g/mol. The minimum absolute atomic E-state index is 0.361. The van der Waals surface area contributed by atoms with E-state index in [9.17, 15) is 0 Å². The van der Waals surface area contributed by atoms with Gasteiger partial charge < -0.3 is 9.47 Å². The van der Waals surface area contributed by atoms with Crippen molar-refractivity contribution in [3.05, 3.63) is 36.2 Å². The van der Waals surface area contributed by atoms with E-state index >= 15 is 0 Å². The van der Waals surface area contributed by atoms with Gasteiger partial charge in [-0.25, -0.2) is 15.0 Å². The maximum absolute atomic E-state index is 5.06. The van der Waals surface area contributed by atoms with Crippen molar-refractivity contribution in [1.29, 1.82) is 0 Å². The van der Waals surface area contributed by atoms with E-state index in [1.165, 1.54) is 20.5 Å². The topological polar surface area (TPSA) is 70.0 Å². The Morgan fingerprint density at radius 1 is 1.11 bits per heavy atom. The maximum atomic E-state index is 5.06. The van der Waals surface area contributed by atoms with Crippen LogP contribution in [0, 0.1) is 11.8 Å². The van der Waals surface area contributed by atoms with Gasteiger partial charge in [-0.3, -0.25) is 0 Å². The van der Waals surface area contributed by atoms with Crippen LogP contribution in [0.15, 0.2) is 24.8 Å². The Balaban J connectivity index is 2.30. The molecule has 0 aliphatic carbocycles. The number of rotatable bonds is 2. The number of ether oxygens (including phenoxy) is 2. The van der Waals surface area contributed by atoms with Crippen molar-refractivity contribution in [2.75, 3.05) is 14.2 Å². The van der Waals surface area contributed by atoms with Crippen LogP contribution in [0.1, 0.15) is 11.4 Å². The maximum Gasteiger partial charge on any atom is 0.232 e. The molecule has 2 rings (SSSR count). The number of hydrogen-bond donors (Lipinski definition) is 0. The molecule has 90 valence electrons. The third-order valence-corrected chi connectivity index (χ3v) is 2.02. The minimum atomic E-state index is 0.361. The van der Waals surface area contributed by atoms with Gasteiger partial charge in [0.2, 0.25) is 17.6 Å². The molecule has 2 aromatic heterocycles. The van der Waals surface area contributed by atoms with Crippen molar-refractivity contribution in [3.63, 3.8) is 0 Å². The van der Waals surface area contributed by atoms with E-state index in [4.69, 9.17) is 9.47 Å². The lowest BCUT2D eigenvalue weighted by atomic mass is 10.3. The van der Waals surface area contributed by atoms with Crippen LogP contribution in [0.3, 0.4) is 0 Å². The Morgan fingerprint density at radius 2 is 2.00 bits per heavy atom. The summed E-state index contributed by atoms with van der Waals surface area (Å²) in [6, 6.07) is 1.65. The molecule has 0 bridgehead atoms. The molecule has 0 aliphatic rings. The van der Waals surface area contributed by atoms with E-state index in [-0.39, 0.29) is 0 Å². The third-order valence-electron chi connectivity index (χ3n) is 2.02. The van der Waals surface area contributed by atoms with Gasteiger partial charge in [0.15, 0.2) is 0 Å². The predicted molar refractivity (Wildman–Crippen MR) is 63.1 cm³/mol. The van der Waals surface area contributed by atoms with Crippen LogP contribution in [-0.2, 0) is 0 Å². The zero-order valence-corrected chi connectivity index (χ0v) is 9.91. The fourth-order valence-electron chi connectivity index (χ4n) is 1.21. The highest BCUT2D eigenvalue weighted by atomic mass is 16.5. The SMILES string of the molecule is COc1ccnc(C#Cc2cncnc2OC)n1. The first-order valence-electron chi connectivity index (χ1n) is 5.06. The fraction of sp³-hybridized carbons (Fsp3) is 0.167. The van der Waals surface area contributed by atoms with Gasteiger partial charge in [-0.05, 0) is 5.92 Å². The first-order valence-corrected chi connectivity index (χ1v) is 5.06. The van der Waals surface area contributed by atoms with Gasteiger partial charge in [-0.2, -0.15) is 4.98 Å². The van der Waals surface area contributed by atoms with Gasteiger partial charge in [-0.15, -0.1) is 0 Å². The molecule has 0 saturated heterocycles. The molecule has 0 spiro atoms. The Bertz CT molecular complexity index is 604. The third kappa shape index (κ3) is 2.71.